The predicted molar refractivity (Wildman–Crippen MR) is 98.2 cm³/mol. The summed E-state index contributed by atoms with van der Waals surface area (Å²) in [6, 6.07) is 12.9. The minimum atomic E-state index is -0.463. The van der Waals surface area contributed by atoms with Gasteiger partial charge in [-0.15, -0.1) is 11.3 Å². The van der Waals surface area contributed by atoms with E-state index in [-0.39, 0.29) is 5.56 Å². The number of methoxy groups -OCH3 is 1. The molecule has 2 aromatic carbocycles. The van der Waals surface area contributed by atoms with Crippen LogP contribution in [0.5, 0.6) is 5.75 Å². The number of thiazole rings is 1. The van der Waals surface area contributed by atoms with Gasteiger partial charge in [-0.1, -0.05) is 6.07 Å². The van der Waals surface area contributed by atoms with Gasteiger partial charge < -0.3 is 9.15 Å². The summed E-state index contributed by atoms with van der Waals surface area (Å²) in [7, 11) is 1.61. The number of ether oxygens (including phenoxy) is 1. The SMILES string of the molecule is COc1ccc2oc(-c3csc(NC(=O)c4cccc(F)c4)n3)cc2c1. The molecule has 0 spiro atoms. The number of hydrogen-bond acceptors (Lipinski definition) is 5. The fourth-order valence-corrected chi connectivity index (χ4v) is 3.21. The van der Waals surface area contributed by atoms with Crippen LogP contribution >= 0.6 is 11.3 Å². The van der Waals surface area contributed by atoms with E-state index in [0.29, 0.717) is 16.6 Å². The van der Waals surface area contributed by atoms with Crippen LogP contribution in [0.4, 0.5) is 9.52 Å². The lowest BCUT2D eigenvalue weighted by molar-refractivity contribution is 0.102. The summed E-state index contributed by atoms with van der Waals surface area (Å²) in [5, 5.41) is 5.77. The fourth-order valence-electron chi connectivity index (χ4n) is 2.52. The highest BCUT2D eigenvalue weighted by molar-refractivity contribution is 7.14. The van der Waals surface area contributed by atoms with Gasteiger partial charge in [-0.05, 0) is 42.5 Å². The molecule has 0 radical (unpaired) electrons. The summed E-state index contributed by atoms with van der Waals surface area (Å²) < 4.78 is 24.2. The minimum absolute atomic E-state index is 0.234. The van der Waals surface area contributed by atoms with E-state index in [1.54, 1.807) is 18.6 Å². The van der Waals surface area contributed by atoms with E-state index < -0.39 is 11.7 Å². The topological polar surface area (TPSA) is 64.4 Å². The number of anilines is 1. The number of rotatable bonds is 4. The summed E-state index contributed by atoms with van der Waals surface area (Å²) in [5.74, 6) is 0.455. The van der Waals surface area contributed by atoms with Gasteiger partial charge in [-0.3, -0.25) is 10.1 Å². The molecule has 1 amide bonds. The molecule has 0 aliphatic carbocycles. The van der Waals surface area contributed by atoms with Crippen LogP contribution in [-0.4, -0.2) is 18.0 Å². The maximum atomic E-state index is 13.2. The highest BCUT2D eigenvalue weighted by Crippen LogP contribution is 2.32. The summed E-state index contributed by atoms with van der Waals surface area (Å²) in [6.07, 6.45) is 0. The zero-order chi connectivity index (χ0) is 18.1. The lowest BCUT2D eigenvalue weighted by Crippen LogP contribution is -2.11. The minimum Gasteiger partial charge on any atom is -0.497 e. The van der Waals surface area contributed by atoms with Crippen molar-refractivity contribution in [3.8, 4) is 17.2 Å². The zero-order valence-electron chi connectivity index (χ0n) is 13.7. The van der Waals surface area contributed by atoms with Crippen molar-refractivity contribution in [1.82, 2.24) is 4.98 Å². The summed E-state index contributed by atoms with van der Waals surface area (Å²) in [6.45, 7) is 0. The molecule has 0 saturated heterocycles. The largest absolute Gasteiger partial charge is 0.497 e. The molecule has 0 atom stereocenters. The van der Waals surface area contributed by atoms with E-state index in [1.165, 1.54) is 29.5 Å². The van der Waals surface area contributed by atoms with E-state index in [0.717, 1.165) is 16.7 Å². The Balaban J connectivity index is 1.57. The Labute approximate surface area is 152 Å². The summed E-state index contributed by atoms with van der Waals surface area (Å²) in [5.41, 5.74) is 1.57. The third-order valence-electron chi connectivity index (χ3n) is 3.79. The second kappa shape index (κ2) is 6.61. The first-order valence-corrected chi connectivity index (χ1v) is 8.61. The number of aromatic nitrogens is 1. The lowest BCUT2D eigenvalue weighted by Gasteiger charge is -2.01. The number of nitrogens with one attached hydrogen (secondary N) is 1. The molecule has 5 nitrogen and oxygen atoms in total. The van der Waals surface area contributed by atoms with Crippen LogP contribution in [0.15, 0.2) is 58.3 Å². The van der Waals surface area contributed by atoms with Crippen LogP contribution in [0.3, 0.4) is 0 Å². The molecular formula is C19H13FN2O3S. The van der Waals surface area contributed by atoms with E-state index in [1.807, 2.05) is 24.3 Å². The Morgan fingerprint density at radius 1 is 1.23 bits per heavy atom. The Bertz CT molecular complexity index is 1100. The monoisotopic (exact) mass is 368 g/mol. The number of hydrogen-bond donors (Lipinski definition) is 1. The van der Waals surface area contributed by atoms with Gasteiger partial charge in [-0.2, -0.15) is 0 Å². The first-order chi connectivity index (χ1) is 12.6. The van der Waals surface area contributed by atoms with Crippen molar-refractivity contribution >= 4 is 33.3 Å². The van der Waals surface area contributed by atoms with Crippen LogP contribution in [0.25, 0.3) is 22.4 Å². The van der Waals surface area contributed by atoms with Gasteiger partial charge in [0, 0.05) is 16.3 Å². The quantitative estimate of drug-likeness (QED) is 0.553. The highest BCUT2D eigenvalue weighted by Gasteiger charge is 2.13. The van der Waals surface area contributed by atoms with Gasteiger partial charge in [-0.25, -0.2) is 9.37 Å². The molecule has 2 aromatic heterocycles. The smallest absolute Gasteiger partial charge is 0.257 e. The normalized spacial score (nSPS) is 10.8. The molecule has 0 aliphatic rings. The van der Waals surface area contributed by atoms with E-state index in [4.69, 9.17) is 9.15 Å². The molecule has 0 fully saturated rings. The molecule has 0 bridgehead atoms. The summed E-state index contributed by atoms with van der Waals surface area (Å²) in [4.78, 5) is 16.5. The van der Waals surface area contributed by atoms with Gasteiger partial charge in [0.15, 0.2) is 10.9 Å². The Hall–Kier alpha value is -3.19. The Morgan fingerprint density at radius 3 is 2.92 bits per heavy atom. The van der Waals surface area contributed by atoms with Gasteiger partial charge in [0.05, 0.1) is 7.11 Å². The van der Waals surface area contributed by atoms with Crippen LogP contribution in [0.2, 0.25) is 0 Å². The molecule has 4 rings (SSSR count). The van der Waals surface area contributed by atoms with Crippen molar-refractivity contribution in [2.24, 2.45) is 0 Å². The highest BCUT2D eigenvalue weighted by atomic mass is 32.1. The summed E-state index contributed by atoms with van der Waals surface area (Å²) >= 11 is 1.27. The second-order valence-electron chi connectivity index (χ2n) is 5.52. The lowest BCUT2D eigenvalue weighted by atomic mass is 10.2. The van der Waals surface area contributed by atoms with Crippen LogP contribution < -0.4 is 10.1 Å². The molecule has 0 unspecified atom stereocenters. The standard InChI is InChI=1S/C19H13FN2O3S/c1-24-14-5-6-16-12(8-14)9-17(25-16)15-10-26-19(21-15)22-18(23)11-3-2-4-13(20)7-11/h2-10H,1H3,(H,21,22,23). The number of halogens is 1. The van der Waals surface area contributed by atoms with E-state index in [9.17, 15) is 9.18 Å². The molecule has 130 valence electrons. The maximum Gasteiger partial charge on any atom is 0.257 e. The molecule has 26 heavy (non-hydrogen) atoms. The van der Waals surface area contributed by atoms with Gasteiger partial charge in [0.25, 0.3) is 5.91 Å². The number of nitrogens with zero attached hydrogens (tertiary/aromatic N) is 1. The third kappa shape index (κ3) is 3.16. The van der Waals surface area contributed by atoms with Crippen molar-refractivity contribution in [2.75, 3.05) is 12.4 Å². The average Bonchev–Trinajstić information content (AvgIpc) is 3.27. The van der Waals surface area contributed by atoms with Crippen LogP contribution in [0.1, 0.15) is 10.4 Å². The number of amides is 1. The maximum absolute atomic E-state index is 13.2. The van der Waals surface area contributed by atoms with Crippen LogP contribution in [-0.2, 0) is 0 Å². The molecule has 4 aromatic rings. The van der Waals surface area contributed by atoms with E-state index in [2.05, 4.69) is 10.3 Å². The first kappa shape index (κ1) is 16.3. The number of furan rings is 1. The Kier molecular flexibility index (Phi) is 4.14. The molecule has 1 N–H and O–H groups in total. The zero-order valence-corrected chi connectivity index (χ0v) is 14.5. The average molecular weight is 368 g/mol. The van der Waals surface area contributed by atoms with Crippen molar-refractivity contribution in [2.45, 2.75) is 0 Å². The van der Waals surface area contributed by atoms with Crippen LogP contribution in [0, 0.1) is 5.82 Å². The van der Waals surface area contributed by atoms with E-state index >= 15 is 0 Å². The van der Waals surface area contributed by atoms with Crippen molar-refractivity contribution in [1.29, 1.82) is 0 Å². The van der Waals surface area contributed by atoms with Crippen molar-refractivity contribution in [3.63, 3.8) is 0 Å². The molecule has 0 saturated carbocycles. The molecule has 7 heteroatoms. The molecular weight excluding hydrogens is 355 g/mol. The number of carbonyl (C=O) groups is 1. The van der Waals surface area contributed by atoms with Crippen molar-refractivity contribution < 1.29 is 18.3 Å². The molecule has 2 heterocycles. The van der Waals surface area contributed by atoms with Crippen molar-refractivity contribution in [3.05, 3.63) is 65.3 Å². The van der Waals surface area contributed by atoms with Gasteiger partial charge in [0.1, 0.15) is 22.8 Å². The predicted octanol–water partition coefficient (Wildman–Crippen LogP) is 4.96. The van der Waals surface area contributed by atoms with Gasteiger partial charge in [0.2, 0.25) is 0 Å². The molecule has 0 aliphatic heterocycles. The first-order valence-electron chi connectivity index (χ1n) is 7.73. The number of fused-ring (bicyclic) bond motifs is 1. The Morgan fingerprint density at radius 2 is 2.12 bits per heavy atom. The number of benzene rings is 2. The third-order valence-corrected chi connectivity index (χ3v) is 4.55. The van der Waals surface area contributed by atoms with Gasteiger partial charge >= 0.3 is 0 Å². The second-order valence-corrected chi connectivity index (χ2v) is 6.37. The number of carbonyl (C=O) groups excluding carboxylic acids is 1. The fraction of sp³-hybridized carbons (Fsp3) is 0.0526.